The normalized spacial score (nSPS) is 10.9. The van der Waals surface area contributed by atoms with Crippen molar-refractivity contribution in [2.24, 2.45) is 0 Å². The predicted molar refractivity (Wildman–Crippen MR) is 64.0 cm³/mol. The highest BCUT2D eigenvalue weighted by atomic mass is 13.9. The Morgan fingerprint density at radius 3 is 2.08 bits per heavy atom. The van der Waals surface area contributed by atoms with E-state index in [-0.39, 0.29) is 0 Å². The molecule has 0 saturated heterocycles. The van der Waals surface area contributed by atoms with Gasteiger partial charge >= 0.3 is 0 Å². The molecule has 0 aliphatic rings. The second kappa shape index (κ2) is 13.8. The second-order valence-electron chi connectivity index (χ2n) is 2.93. The van der Waals surface area contributed by atoms with Gasteiger partial charge in [0, 0.05) is 0 Å². The van der Waals surface area contributed by atoms with Crippen molar-refractivity contribution in [3.8, 4) is 0 Å². The number of rotatable bonds is 4. The minimum atomic E-state index is 1.15. The van der Waals surface area contributed by atoms with E-state index in [1.54, 1.807) is 0 Å². The molecule has 0 aliphatic heterocycles. The predicted octanol–water partition coefficient (Wildman–Crippen LogP) is 4.89. The van der Waals surface area contributed by atoms with Crippen molar-refractivity contribution in [3.63, 3.8) is 0 Å². The van der Waals surface area contributed by atoms with Crippen LogP contribution in [0.3, 0.4) is 0 Å². The summed E-state index contributed by atoms with van der Waals surface area (Å²) in [4.78, 5) is 0. The fourth-order valence-electron chi connectivity index (χ4n) is 0.876. The summed E-state index contributed by atoms with van der Waals surface area (Å²) in [5.41, 5.74) is 1.36. The molecule has 0 rings (SSSR count). The Kier molecular flexibility index (Phi) is 15.6. The van der Waals surface area contributed by atoms with Gasteiger partial charge in [-0.3, -0.25) is 0 Å². The van der Waals surface area contributed by atoms with Crippen LogP contribution in [0.5, 0.6) is 0 Å². The molecule has 0 aromatic rings. The molecule has 0 spiro atoms. The van der Waals surface area contributed by atoms with Crippen molar-refractivity contribution in [3.05, 3.63) is 36.5 Å². The number of hydrogen-bond acceptors (Lipinski definition) is 0. The summed E-state index contributed by atoms with van der Waals surface area (Å²) >= 11 is 0. The summed E-state index contributed by atoms with van der Waals surface area (Å²) in [6, 6.07) is 0. The van der Waals surface area contributed by atoms with E-state index in [4.69, 9.17) is 0 Å². The molecular formula is C13H24. The molecule has 0 nitrogen and oxygen atoms in total. The molecule has 13 heavy (non-hydrogen) atoms. The number of allylic oxidation sites excluding steroid dienone is 5. The molecule has 0 unspecified atom stereocenters. The lowest BCUT2D eigenvalue weighted by Crippen LogP contribution is -1.75. The Labute approximate surface area is 84.1 Å². The summed E-state index contributed by atoms with van der Waals surface area (Å²) in [7, 11) is 0. The van der Waals surface area contributed by atoms with Crippen molar-refractivity contribution in [1.29, 1.82) is 0 Å². The van der Waals surface area contributed by atoms with Crippen LogP contribution in [0.25, 0.3) is 0 Å². The van der Waals surface area contributed by atoms with Crippen LogP contribution >= 0.6 is 0 Å². The van der Waals surface area contributed by atoms with E-state index in [0.717, 1.165) is 6.42 Å². The molecule has 0 saturated carbocycles. The van der Waals surface area contributed by atoms with Crippen LogP contribution in [-0.4, -0.2) is 0 Å². The minimum absolute atomic E-state index is 1.15. The average molecular weight is 180 g/mol. The lowest BCUT2D eigenvalue weighted by molar-refractivity contribution is 0.926. The minimum Gasteiger partial charge on any atom is -0.0991 e. The molecular weight excluding hydrogens is 156 g/mol. The zero-order valence-electron chi connectivity index (χ0n) is 9.64. The molecule has 0 heteroatoms. The Hall–Kier alpha value is -0.780. The molecule has 0 aromatic carbocycles. The first-order valence-electron chi connectivity index (χ1n) is 5.20. The zero-order chi connectivity index (χ0) is 10.5. The van der Waals surface area contributed by atoms with Gasteiger partial charge in [-0.05, 0) is 18.9 Å². The third kappa shape index (κ3) is 14.1. The van der Waals surface area contributed by atoms with Gasteiger partial charge in [-0.15, -0.1) is 0 Å². The molecule has 0 aromatic heterocycles. The Morgan fingerprint density at radius 1 is 1.23 bits per heavy atom. The van der Waals surface area contributed by atoms with Crippen molar-refractivity contribution >= 4 is 0 Å². The van der Waals surface area contributed by atoms with Gasteiger partial charge in [-0.25, -0.2) is 0 Å². The monoisotopic (exact) mass is 180 g/mol. The lowest BCUT2D eigenvalue weighted by atomic mass is 10.1. The summed E-state index contributed by atoms with van der Waals surface area (Å²) in [6.45, 7) is 12.1. The first-order valence-corrected chi connectivity index (χ1v) is 5.20. The molecule has 0 radical (unpaired) electrons. The van der Waals surface area contributed by atoms with Gasteiger partial charge in [0.25, 0.3) is 0 Å². The maximum absolute atomic E-state index is 3.65. The van der Waals surface area contributed by atoms with Gasteiger partial charge in [0.2, 0.25) is 0 Å². The van der Waals surface area contributed by atoms with Gasteiger partial charge in [-0.2, -0.15) is 0 Å². The zero-order valence-corrected chi connectivity index (χ0v) is 9.64. The maximum atomic E-state index is 3.65. The molecule has 0 N–H and O–H groups in total. The summed E-state index contributed by atoms with van der Waals surface area (Å²) in [5.74, 6) is 0. The molecule has 0 atom stereocenters. The van der Waals surface area contributed by atoms with Gasteiger partial charge in [0.1, 0.15) is 0 Å². The molecule has 76 valence electrons. The van der Waals surface area contributed by atoms with Crippen molar-refractivity contribution in [2.45, 2.75) is 47.0 Å². The summed E-state index contributed by atoms with van der Waals surface area (Å²) < 4.78 is 0. The average Bonchev–Trinajstić information content (AvgIpc) is 2.07. The largest absolute Gasteiger partial charge is 0.0991 e. The highest BCUT2D eigenvalue weighted by molar-refractivity contribution is 5.22. The molecule has 0 heterocycles. The molecule has 0 amide bonds. The van der Waals surface area contributed by atoms with E-state index in [0.29, 0.717) is 0 Å². The van der Waals surface area contributed by atoms with Crippen LogP contribution in [0.1, 0.15) is 47.0 Å². The third-order valence-corrected chi connectivity index (χ3v) is 1.25. The highest BCUT2D eigenvalue weighted by Gasteiger charge is 1.85. The second-order valence-corrected chi connectivity index (χ2v) is 2.93. The van der Waals surface area contributed by atoms with Crippen LogP contribution in [0, 0.1) is 0 Å². The Morgan fingerprint density at radius 2 is 1.77 bits per heavy atom. The quantitative estimate of drug-likeness (QED) is 0.540. The van der Waals surface area contributed by atoms with E-state index >= 15 is 0 Å². The van der Waals surface area contributed by atoms with E-state index < -0.39 is 0 Å². The summed E-state index contributed by atoms with van der Waals surface area (Å²) in [6.07, 6.45) is 11.7. The fourth-order valence-corrected chi connectivity index (χ4v) is 0.876. The number of hydrogen-bond donors (Lipinski definition) is 0. The molecule has 0 bridgehead atoms. The van der Waals surface area contributed by atoms with Gasteiger partial charge in [0.15, 0.2) is 0 Å². The van der Waals surface area contributed by atoms with E-state index in [1.165, 1.54) is 18.4 Å². The van der Waals surface area contributed by atoms with Crippen molar-refractivity contribution < 1.29 is 0 Å². The van der Waals surface area contributed by atoms with Crippen LogP contribution in [0.15, 0.2) is 36.5 Å². The first-order chi connectivity index (χ1) is 6.26. The van der Waals surface area contributed by atoms with Crippen LogP contribution in [0.2, 0.25) is 0 Å². The van der Waals surface area contributed by atoms with Gasteiger partial charge in [-0.1, -0.05) is 64.5 Å². The lowest BCUT2D eigenvalue weighted by Gasteiger charge is -1.95. The van der Waals surface area contributed by atoms with Crippen molar-refractivity contribution in [2.75, 3.05) is 0 Å². The van der Waals surface area contributed by atoms with E-state index in [1.807, 2.05) is 13.0 Å². The topological polar surface area (TPSA) is 0 Å². The highest BCUT2D eigenvalue weighted by Crippen LogP contribution is 2.05. The fraction of sp³-hybridized carbons (Fsp3) is 0.538. The van der Waals surface area contributed by atoms with E-state index in [9.17, 15) is 0 Å². The third-order valence-electron chi connectivity index (χ3n) is 1.25. The smallest absolute Gasteiger partial charge is 0.0282 e. The maximum Gasteiger partial charge on any atom is -0.0282 e. The van der Waals surface area contributed by atoms with Crippen LogP contribution in [0.4, 0.5) is 0 Å². The van der Waals surface area contributed by atoms with Crippen molar-refractivity contribution in [1.82, 2.24) is 0 Å². The molecule has 0 aliphatic carbocycles. The summed E-state index contributed by atoms with van der Waals surface area (Å²) in [5, 5.41) is 0. The Bertz CT molecular complexity index is 149. The van der Waals surface area contributed by atoms with Crippen LogP contribution in [-0.2, 0) is 0 Å². The van der Waals surface area contributed by atoms with Gasteiger partial charge in [0.05, 0.1) is 0 Å². The van der Waals surface area contributed by atoms with E-state index in [2.05, 4.69) is 45.6 Å². The first kappa shape index (κ1) is 14.7. The van der Waals surface area contributed by atoms with Gasteiger partial charge < -0.3 is 0 Å². The van der Waals surface area contributed by atoms with Crippen LogP contribution < -0.4 is 0 Å². The molecule has 0 fully saturated rings. The standard InChI is InChI=1S/C10H16.C3H8/c1-4-7-10(8-5-2)9-6-3;1-3-2/h4-5,7-8H,1,6,9H2,2-3H3;3H2,1-2H3/b8-5-,10-7+;. The SMILES string of the molecule is C=C/C=C(\C=C/C)CCC.CCC. The Balaban J connectivity index is 0.